The summed E-state index contributed by atoms with van der Waals surface area (Å²) in [6.07, 6.45) is 1.88. The van der Waals surface area contributed by atoms with E-state index < -0.39 is 10.0 Å². The second-order valence-electron chi connectivity index (χ2n) is 7.01. The van der Waals surface area contributed by atoms with Crippen LogP contribution in [-0.2, 0) is 14.8 Å². The topological polar surface area (TPSA) is 75.7 Å². The molecule has 0 saturated carbocycles. The van der Waals surface area contributed by atoms with E-state index in [0.29, 0.717) is 19.1 Å². The van der Waals surface area contributed by atoms with Gasteiger partial charge in [0, 0.05) is 24.7 Å². The van der Waals surface area contributed by atoms with Gasteiger partial charge < -0.3 is 10.1 Å². The predicted molar refractivity (Wildman–Crippen MR) is 102 cm³/mol. The molecular formula is C18H27ClN2O4S. The lowest BCUT2D eigenvalue weighted by atomic mass is 10.0. The van der Waals surface area contributed by atoms with Crippen LogP contribution in [0.3, 0.4) is 0 Å². The van der Waals surface area contributed by atoms with Gasteiger partial charge >= 0.3 is 0 Å². The van der Waals surface area contributed by atoms with Gasteiger partial charge in [-0.15, -0.1) is 0 Å². The molecule has 1 aromatic rings. The maximum Gasteiger partial charge on any atom is 0.251 e. The summed E-state index contributed by atoms with van der Waals surface area (Å²) >= 11 is 6.13. The highest BCUT2D eigenvalue weighted by Crippen LogP contribution is 2.26. The molecule has 2 rings (SSSR count). The van der Waals surface area contributed by atoms with E-state index in [0.717, 1.165) is 12.8 Å². The van der Waals surface area contributed by atoms with Gasteiger partial charge in [0.1, 0.15) is 4.90 Å². The highest BCUT2D eigenvalue weighted by Gasteiger charge is 2.29. The van der Waals surface area contributed by atoms with Gasteiger partial charge in [0.25, 0.3) is 5.91 Å². The van der Waals surface area contributed by atoms with Crippen LogP contribution in [0.15, 0.2) is 23.1 Å². The van der Waals surface area contributed by atoms with Crippen molar-refractivity contribution in [2.45, 2.75) is 44.6 Å². The number of halogens is 1. The lowest BCUT2D eigenvalue weighted by Gasteiger charge is -2.26. The number of ether oxygens (including phenoxy) is 1. The van der Waals surface area contributed by atoms with Gasteiger partial charge in [-0.25, -0.2) is 8.42 Å². The normalized spacial score (nSPS) is 17.3. The highest BCUT2D eigenvalue weighted by atomic mass is 35.5. The van der Waals surface area contributed by atoms with Crippen molar-refractivity contribution in [3.05, 3.63) is 28.8 Å². The molecule has 0 spiro atoms. The largest absolute Gasteiger partial charge is 0.379 e. The van der Waals surface area contributed by atoms with Gasteiger partial charge in [0.05, 0.1) is 18.2 Å². The average Bonchev–Trinajstić information content (AvgIpc) is 2.60. The van der Waals surface area contributed by atoms with Crippen molar-refractivity contribution in [1.82, 2.24) is 9.62 Å². The monoisotopic (exact) mass is 402 g/mol. The van der Waals surface area contributed by atoms with E-state index in [1.807, 2.05) is 6.92 Å². The van der Waals surface area contributed by atoms with Crippen molar-refractivity contribution in [2.24, 2.45) is 5.92 Å². The highest BCUT2D eigenvalue weighted by molar-refractivity contribution is 7.89. The van der Waals surface area contributed by atoms with E-state index in [4.69, 9.17) is 16.3 Å². The second-order valence-corrected chi connectivity index (χ2v) is 9.32. The van der Waals surface area contributed by atoms with E-state index in [-0.39, 0.29) is 40.5 Å². The molecule has 0 aromatic heterocycles. The minimum Gasteiger partial charge on any atom is -0.379 e. The first-order valence-corrected chi connectivity index (χ1v) is 10.7. The molecule has 26 heavy (non-hydrogen) atoms. The molecule has 6 nitrogen and oxygen atoms in total. The van der Waals surface area contributed by atoms with Crippen LogP contribution in [0.25, 0.3) is 0 Å². The molecule has 1 aliphatic heterocycles. The van der Waals surface area contributed by atoms with Gasteiger partial charge in [0.2, 0.25) is 10.0 Å². The number of carbonyl (C=O) groups excluding carboxylic acids is 1. The number of rotatable bonds is 7. The first-order chi connectivity index (χ1) is 12.2. The molecule has 0 bridgehead atoms. The molecule has 1 saturated heterocycles. The van der Waals surface area contributed by atoms with Crippen molar-refractivity contribution in [2.75, 3.05) is 26.3 Å². The molecule has 1 amide bonds. The van der Waals surface area contributed by atoms with Gasteiger partial charge in [-0.2, -0.15) is 4.31 Å². The first-order valence-electron chi connectivity index (χ1n) is 8.90. The SMILES string of the molecule is CC(C)CC[C@H](C)NC(=O)c1ccc(Cl)c(S(=O)(=O)N2CCOCC2)c1. The molecule has 146 valence electrons. The lowest BCUT2D eigenvalue weighted by Crippen LogP contribution is -2.40. The number of amides is 1. The second kappa shape index (κ2) is 9.17. The van der Waals surface area contributed by atoms with Crippen LogP contribution in [0.2, 0.25) is 5.02 Å². The average molecular weight is 403 g/mol. The van der Waals surface area contributed by atoms with Crippen LogP contribution in [0.5, 0.6) is 0 Å². The number of sulfonamides is 1. The van der Waals surface area contributed by atoms with E-state index in [2.05, 4.69) is 19.2 Å². The summed E-state index contributed by atoms with van der Waals surface area (Å²) in [5.74, 6) is 0.270. The Kier molecular flexibility index (Phi) is 7.46. The maximum absolute atomic E-state index is 12.8. The molecule has 1 heterocycles. The Morgan fingerprint density at radius 2 is 1.88 bits per heavy atom. The Balaban J connectivity index is 2.17. The smallest absolute Gasteiger partial charge is 0.251 e. The van der Waals surface area contributed by atoms with Crippen molar-refractivity contribution in [1.29, 1.82) is 0 Å². The molecular weight excluding hydrogens is 376 g/mol. The Morgan fingerprint density at radius 1 is 1.23 bits per heavy atom. The van der Waals surface area contributed by atoms with Crippen LogP contribution in [-0.4, -0.2) is 51.0 Å². The van der Waals surface area contributed by atoms with Gasteiger partial charge in [-0.05, 0) is 43.9 Å². The minimum atomic E-state index is -3.76. The fraction of sp³-hybridized carbons (Fsp3) is 0.611. The third-order valence-electron chi connectivity index (χ3n) is 4.34. The molecule has 8 heteroatoms. The van der Waals surface area contributed by atoms with E-state index in [9.17, 15) is 13.2 Å². The Hall–Kier alpha value is -1.15. The summed E-state index contributed by atoms with van der Waals surface area (Å²) in [7, 11) is -3.76. The molecule has 1 aliphatic rings. The summed E-state index contributed by atoms with van der Waals surface area (Å²) in [4.78, 5) is 12.4. The first kappa shape index (κ1) is 21.2. The van der Waals surface area contributed by atoms with Crippen LogP contribution in [0.1, 0.15) is 44.0 Å². The van der Waals surface area contributed by atoms with Crippen LogP contribution in [0, 0.1) is 5.92 Å². The zero-order valence-electron chi connectivity index (χ0n) is 15.5. The summed E-state index contributed by atoms with van der Waals surface area (Å²) in [6, 6.07) is 4.38. The van der Waals surface area contributed by atoms with Crippen molar-refractivity contribution in [3.63, 3.8) is 0 Å². The summed E-state index contributed by atoms with van der Waals surface area (Å²) in [5, 5.41) is 3.03. The molecule has 0 aliphatic carbocycles. The van der Waals surface area contributed by atoms with Crippen molar-refractivity contribution in [3.8, 4) is 0 Å². The molecule has 1 atom stereocenters. The van der Waals surface area contributed by atoms with Crippen molar-refractivity contribution >= 4 is 27.5 Å². The molecule has 1 N–H and O–H groups in total. The number of carbonyl (C=O) groups is 1. The standard InChI is InChI=1S/C18H27ClN2O4S/c1-13(2)4-5-14(3)20-18(22)15-6-7-16(19)17(12-15)26(23,24)21-8-10-25-11-9-21/h6-7,12-14H,4-5,8-11H2,1-3H3,(H,20,22)/t14-/m0/s1. The maximum atomic E-state index is 12.8. The Labute approximate surface area is 160 Å². The third-order valence-corrected chi connectivity index (χ3v) is 6.72. The van der Waals surface area contributed by atoms with Gasteiger partial charge in [-0.3, -0.25) is 4.79 Å². The zero-order chi connectivity index (χ0) is 19.3. The summed E-state index contributed by atoms with van der Waals surface area (Å²) < 4.78 is 32.2. The van der Waals surface area contributed by atoms with Gasteiger partial charge in [-0.1, -0.05) is 25.4 Å². The molecule has 1 aromatic carbocycles. The quantitative estimate of drug-likeness (QED) is 0.760. The van der Waals surface area contributed by atoms with Crippen molar-refractivity contribution < 1.29 is 17.9 Å². The van der Waals surface area contributed by atoms with E-state index in [1.54, 1.807) is 6.07 Å². The predicted octanol–water partition coefficient (Wildman–Crippen LogP) is 2.92. The number of benzene rings is 1. The Bertz CT molecular complexity index is 731. The number of morpholine rings is 1. The van der Waals surface area contributed by atoms with Crippen LogP contribution >= 0.6 is 11.6 Å². The molecule has 0 radical (unpaired) electrons. The van der Waals surface area contributed by atoms with Crippen LogP contribution < -0.4 is 5.32 Å². The number of nitrogens with zero attached hydrogens (tertiary/aromatic N) is 1. The van der Waals surface area contributed by atoms with Crippen LogP contribution in [0.4, 0.5) is 0 Å². The van der Waals surface area contributed by atoms with E-state index >= 15 is 0 Å². The number of nitrogens with one attached hydrogen (secondary N) is 1. The zero-order valence-corrected chi connectivity index (χ0v) is 17.1. The lowest BCUT2D eigenvalue weighted by molar-refractivity contribution is 0.0730. The van der Waals surface area contributed by atoms with E-state index in [1.165, 1.54) is 16.4 Å². The number of hydrogen-bond acceptors (Lipinski definition) is 4. The fourth-order valence-corrected chi connectivity index (χ4v) is 4.64. The number of hydrogen-bond donors (Lipinski definition) is 1. The Morgan fingerprint density at radius 3 is 2.50 bits per heavy atom. The van der Waals surface area contributed by atoms with Gasteiger partial charge in [0.15, 0.2) is 0 Å². The molecule has 1 fully saturated rings. The minimum absolute atomic E-state index is 0.0138. The summed E-state index contributed by atoms with van der Waals surface area (Å²) in [5.41, 5.74) is 0.289. The third kappa shape index (κ3) is 5.42. The fourth-order valence-electron chi connectivity index (χ4n) is 2.73. The molecule has 0 unspecified atom stereocenters. The summed E-state index contributed by atoms with van der Waals surface area (Å²) in [6.45, 7) is 7.48.